The molecule has 1 heterocycles. The fourth-order valence-electron chi connectivity index (χ4n) is 2.49. The number of hydrogen-bond acceptors (Lipinski definition) is 5. The first-order valence-corrected chi connectivity index (χ1v) is 6.80. The van der Waals surface area contributed by atoms with Crippen LogP contribution in [0.2, 0.25) is 0 Å². The zero-order valence-electron chi connectivity index (χ0n) is 11.9. The van der Waals surface area contributed by atoms with E-state index >= 15 is 0 Å². The van der Waals surface area contributed by atoms with Crippen LogP contribution in [0.25, 0.3) is 0 Å². The first-order valence-electron chi connectivity index (χ1n) is 6.80. The molecule has 20 heavy (non-hydrogen) atoms. The van der Waals surface area contributed by atoms with Crippen molar-refractivity contribution in [1.29, 1.82) is 0 Å². The van der Waals surface area contributed by atoms with Crippen LogP contribution in [0.5, 0.6) is 11.5 Å². The predicted octanol–water partition coefficient (Wildman–Crippen LogP) is 1.47. The predicted molar refractivity (Wildman–Crippen MR) is 75.0 cm³/mol. The summed E-state index contributed by atoms with van der Waals surface area (Å²) in [5, 5.41) is 3.26. The molecule has 0 radical (unpaired) electrons. The first kappa shape index (κ1) is 14.7. The van der Waals surface area contributed by atoms with Crippen molar-refractivity contribution < 1.29 is 19.0 Å². The van der Waals surface area contributed by atoms with Gasteiger partial charge in [-0.2, -0.15) is 0 Å². The Morgan fingerprint density at radius 3 is 2.70 bits per heavy atom. The Morgan fingerprint density at radius 1 is 1.35 bits per heavy atom. The second kappa shape index (κ2) is 7.14. The van der Waals surface area contributed by atoms with Crippen molar-refractivity contribution >= 4 is 5.97 Å². The van der Waals surface area contributed by atoms with Gasteiger partial charge in [0.05, 0.1) is 20.1 Å². The molecular formula is C15H21NO4. The van der Waals surface area contributed by atoms with Crippen LogP contribution in [-0.2, 0) is 9.53 Å². The van der Waals surface area contributed by atoms with E-state index < -0.39 is 0 Å². The van der Waals surface area contributed by atoms with Crippen LogP contribution in [0.4, 0.5) is 0 Å². The van der Waals surface area contributed by atoms with E-state index in [1.54, 1.807) is 7.11 Å². The number of hydrogen-bond donors (Lipinski definition) is 1. The van der Waals surface area contributed by atoms with E-state index in [4.69, 9.17) is 14.2 Å². The molecule has 2 rings (SSSR count). The summed E-state index contributed by atoms with van der Waals surface area (Å²) in [6.07, 6.45) is 0.967. The summed E-state index contributed by atoms with van der Waals surface area (Å²) >= 11 is 0. The van der Waals surface area contributed by atoms with Crippen LogP contribution in [0.15, 0.2) is 24.3 Å². The molecule has 1 aliphatic heterocycles. The number of rotatable bonds is 6. The van der Waals surface area contributed by atoms with E-state index in [1.807, 2.05) is 24.3 Å². The van der Waals surface area contributed by atoms with Gasteiger partial charge in [0.1, 0.15) is 6.61 Å². The van der Waals surface area contributed by atoms with Crippen molar-refractivity contribution in [2.24, 2.45) is 11.8 Å². The quantitative estimate of drug-likeness (QED) is 0.799. The molecule has 1 N–H and O–H groups in total. The fourth-order valence-corrected chi connectivity index (χ4v) is 2.49. The van der Waals surface area contributed by atoms with Gasteiger partial charge in [-0.15, -0.1) is 0 Å². The minimum atomic E-state index is -0.250. The van der Waals surface area contributed by atoms with Crippen molar-refractivity contribution in [2.75, 3.05) is 33.9 Å². The van der Waals surface area contributed by atoms with Crippen LogP contribution >= 0.6 is 0 Å². The average molecular weight is 279 g/mol. The highest BCUT2D eigenvalue weighted by Crippen LogP contribution is 2.28. The zero-order chi connectivity index (χ0) is 14.4. The van der Waals surface area contributed by atoms with E-state index in [-0.39, 0.29) is 17.8 Å². The smallest absolute Gasteiger partial charge is 0.312 e. The maximum absolute atomic E-state index is 11.9. The standard InChI is InChI=1S/C15H21NO4/c1-18-13-5-3-4-6-14(13)20-10-12(15(17)19-2)11-7-8-16-9-11/h3-6,11-12,16H,7-10H2,1-2H3. The lowest BCUT2D eigenvalue weighted by Crippen LogP contribution is -2.32. The third-order valence-electron chi connectivity index (χ3n) is 3.66. The van der Waals surface area contributed by atoms with Gasteiger partial charge in [-0.25, -0.2) is 0 Å². The molecule has 0 bridgehead atoms. The fraction of sp³-hybridized carbons (Fsp3) is 0.533. The molecule has 0 saturated carbocycles. The van der Waals surface area contributed by atoms with Gasteiger partial charge >= 0.3 is 5.97 Å². The Hall–Kier alpha value is -1.75. The summed E-state index contributed by atoms with van der Waals surface area (Å²) in [4.78, 5) is 11.9. The monoisotopic (exact) mass is 279 g/mol. The lowest BCUT2D eigenvalue weighted by atomic mass is 9.92. The van der Waals surface area contributed by atoms with Gasteiger partial charge in [-0.1, -0.05) is 12.1 Å². The van der Waals surface area contributed by atoms with Crippen molar-refractivity contribution in [3.05, 3.63) is 24.3 Å². The minimum absolute atomic E-state index is 0.214. The molecule has 0 aromatic heterocycles. The number of methoxy groups -OCH3 is 2. The molecule has 1 aromatic rings. The summed E-state index contributed by atoms with van der Waals surface area (Å²) in [7, 11) is 3.02. The van der Waals surface area contributed by atoms with Crippen LogP contribution in [-0.4, -0.2) is 39.9 Å². The van der Waals surface area contributed by atoms with Gasteiger partial charge in [0, 0.05) is 0 Å². The molecule has 2 atom stereocenters. The van der Waals surface area contributed by atoms with Crippen molar-refractivity contribution in [3.63, 3.8) is 0 Å². The van der Waals surface area contributed by atoms with E-state index in [9.17, 15) is 4.79 Å². The molecule has 0 spiro atoms. The molecule has 1 fully saturated rings. The lowest BCUT2D eigenvalue weighted by Gasteiger charge is -2.21. The summed E-state index contributed by atoms with van der Waals surface area (Å²) in [6, 6.07) is 7.42. The van der Waals surface area contributed by atoms with Gasteiger partial charge in [0.15, 0.2) is 11.5 Å². The van der Waals surface area contributed by atoms with Crippen molar-refractivity contribution in [3.8, 4) is 11.5 Å². The highest BCUT2D eigenvalue weighted by atomic mass is 16.5. The van der Waals surface area contributed by atoms with Crippen LogP contribution in [0.1, 0.15) is 6.42 Å². The van der Waals surface area contributed by atoms with Crippen LogP contribution in [0.3, 0.4) is 0 Å². The topological polar surface area (TPSA) is 56.8 Å². The molecule has 110 valence electrons. The number of esters is 1. The Bertz CT molecular complexity index is 443. The summed E-state index contributed by atoms with van der Waals surface area (Å²) in [5.41, 5.74) is 0. The highest BCUT2D eigenvalue weighted by molar-refractivity contribution is 5.73. The Labute approximate surface area is 119 Å². The normalized spacial score (nSPS) is 19.4. The molecular weight excluding hydrogens is 258 g/mol. The SMILES string of the molecule is COC(=O)C(COc1ccccc1OC)C1CCNC1. The number of carbonyl (C=O) groups excluding carboxylic acids is 1. The number of ether oxygens (including phenoxy) is 3. The summed E-state index contributed by atoms with van der Waals surface area (Å²) in [6.45, 7) is 2.07. The first-order chi connectivity index (χ1) is 9.76. The third-order valence-corrected chi connectivity index (χ3v) is 3.66. The molecule has 0 amide bonds. The minimum Gasteiger partial charge on any atom is -0.493 e. The summed E-state index contributed by atoms with van der Waals surface area (Å²) in [5.74, 6) is 1.11. The second-order valence-electron chi connectivity index (χ2n) is 4.84. The highest BCUT2D eigenvalue weighted by Gasteiger charge is 2.32. The van der Waals surface area contributed by atoms with Gasteiger partial charge in [-0.05, 0) is 37.6 Å². The average Bonchev–Trinajstić information content (AvgIpc) is 3.01. The lowest BCUT2D eigenvalue weighted by molar-refractivity contribution is -0.148. The number of para-hydroxylation sites is 2. The largest absolute Gasteiger partial charge is 0.493 e. The van der Waals surface area contributed by atoms with Gasteiger partial charge in [0.25, 0.3) is 0 Å². The molecule has 1 aliphatic rings. The van der Waals surface area contributed by atoms with Crippen molar-refractivity contribution in [1.82, 2.24) is 5.32 Å². The number of nitrogens with one attached hydrogen (secondary N) is 1. The zero-order valence-corrected chi connectivity index (χ0v) is 11.9. The summed E-state index contributed by atoms with van der Waals surface area (Å²) < 4.78 is 15.9. The molecule has 1 aromatic carbocycles. The Kier molecular flexibility index (Phi) is 5.24. The molecule has 2 unspecified atom stereocenters. The van der Waals surface area contributed by atoms with E-state index in [1.165, 1.54) is 7.11 Å². The van der Waals surface area contributed by atoms with E-state index in [0.717, 1.165) is 19.5 Å². The molecule has 5 nitrogen and oxygen atoms in total. The van der Waals surface area contributed by atoms with Gasteiger partial charge in [0.2, 0.25) is 0 Å². The maximum Gasteiger partial charge on any atom is 0.312 e. The molecule has 5 heteroatoms. The number of benzene rings is 1. The number of carbonyl (C=O) groups is 1. The van der Waals surface area contributed by atoms with Crippen molar-refractivity contribution in [2.45, 2.75) is 6.42 Å². The van der Waals surface area contributed by atoms with E-state index in [2.05, 4.69) is 5.32 Å². The molecule has 1 saturated heterocycles. The Morgan fingerprint density at radius 2 is 2.10 bits per heavy atom. The molecule has 0 aliphatic carbocycles. The Balaban J connectivity index is 2.02. The second-order valence-corrected chi connectivity index (χ2v) is 4.84. The third kappa shape index (κ3) is 3.42. The van der Waals surface area contributed by atoms with E-state index in [0.29, 0.717) is 18.1 Å². The van der Waals surface area contributed by atoms with Crippen LogP contribution in [0, 0.1) is 11.8 Å². The van der Waals surface area contributed by atoms with Gasteiger partial charge < -0.3 is 19.5 Å². The maximum atomic E-state index is 11.9. The van der Waals surface area contributed by atoms with Gasteiger partial charge in [-0.3, -0.25) is 4.79 Å². The van der Waals surface area contributed by atoms with Crippen LogP contribution < -0.4 is 14.8 Å².